The summed E-state index contributed by atoms with van der Waals surface area (Å²) in [5.41, 5.74) is 1.29. The Morgan fingerprint density at radius 3 is 2.83 bits per heavy atom. The molecule has 2 aromatic heterocycles. The number of ether oxygens (including phenoxy) is 1. The van der Waals surface area contributed by atoms with Gasteiger partial charge in [-0.05, 0) is 31.2 Å². The van der Waals surface area contributed by atoms with Crippen LogP contribution < -0.4 is 0 Å². The van der Waals surface area contributed by atoms with E-state index in [2.05, 4.69) is 15.1 Å². The van der Waals surface area contributed by atoms with Crippen molar-refractivity contribution in [3.05, 3.63) is 42.6 Å². The minimum atomic E-state index is -0.314. The van der Waals surface area contributed by atoms with Crippen molar-refractivity contribution in [2.45, 2.75) is 11.9 Å². The molecule has 0 bridgehead atoms. The summed E-state index contributed by atoms with van der Waals surface area (Å²) in [6.45, 7) is 2.11. The van der Waals surface area contributed by atoms with Crippen molar-refractivity contribution in [3.63, 3.8) is 0 Å². The summed E-state index contributed by atoms with van der Waals surface area (Å²) in [5, 5.41) is 5.66. The van der Waals surface area contributed by atoms with Crippen LogP contribution in [-0.2, 0) is 9.53 Å². The van der Waals surface area contributed by atoms with E-state index in [0.29, 0.717) is 23.0 Å². The van der Waals surface area contributed by atoms with Gasteiger partial charge in [0.1, 0.15) is 17.2 Å². The van der Waals surface area contributed by atoms with E-state index in [1.54, 1.807) is 29.9 Å². The molecule has 2 heterocycles. The van der Waals surface area contributed by atoms with Gasteiger partial charge >= 0.3 is 5.97 Å². The molecule has 6 nitrogen and oxygen atoms in total. The first-order valence-electron chi connectivity index (χ1n) is 6.92. The van der Waals surface area contributed by atoms with E-state index in [-0.39, 0.29) is 17.5 Å². The molecule has 0 saturated carbocycles. The number of fused-ring (bicyclic) bond motifs is 1. The van der Waals surface area contributed by atoms with E-state index < -0.39 is 0 Å². The monoisotopic (exact) mass is 332 g/mol. The zero-order valence-corrected chi connectivity index (χ0v) is 13.1. The Hall–Kier alpha value is -2.48. The molecule has 0 aliphatic carbocycles. The van der Waals surface area contributed by atoms with Crippen LogP contribution in [0.2, 0.25) is 0 Å². The highest BCUT2D eigenvalue weighted by atomic mass is 32.2. The Labute approximate surface area is 135 Å². The lowest BCUT2D eigenvalue weighted by atomic mass is 10.3. The van der Waals surface area contributed by atoms with Gasteiger partial charge in [0, 0.05) is 0 Å². The van der Waals surface area contributed by atoms with Crippen molar-refractivity contribution in [3.8, 4) is 5.69 Å². The predicted molar refractivity (Wildman–Crippen MR) is 84.0 cm³/mol. The number of carbonyl (C=O) groups is 1. The third kappa shape index (κ3) is 3.31. The van der Waals surface area contributed by atoms with Gasteiger partial charge in [-0.15, -0.1) is 0 Å². The lowest BCUT2D eigenvalue weighted by molar-refractivity contribution is -0.139. The number of nitrogens with zero attached hydrogens (tertiary/aromatic N) is 4. The van der Waals surface area contributed by atoms with Crippen molar-refractivity contribution in [1.29, 1.82) is 0 Å². The second-order valence-electron chi connectivity index (χ2n) is 4.54. The van der Waals surface area contributed by atoms with E-state index in [1.807, 2.05) is 0 Å². The Morgan fingerprint density at radius 2 is 2.09 bits per heavy atom. The Morgan fingerprint density at radius 1 is 1.30 bits per heavy atom. The van der Waals surface area contributed by atoms with Gasteiger partial charge in [-0.3, -0.25) is 4.79 Å². The Kier molecular flexibility index (Phi) is 4.52. The summed E-state index contributed by atoms with van der Waals surface area (Å²) in [7, 11) is 0. The largest absolute Gasteiger partial charge is 0.465 e. The molecule has 0 atom stereocenters. The standard InChI is InChI=1S/C15H13FN4O2S/c1-2-22-13(21)8-23-15-12-7-19-20(14(12)17-9-18-15)11-5-3-10(16)4-6-11/h3-7,9H,2,8H2,1H3. The highest BCUT2D eigenvalue weighted by Gasteiger charge is 2.13. The van der Waals surface area contributed by atoms with Crippen LogP contribution >= 0.6 is 11.8 Å². The first kappa shape index (κ1) is 15.4. The number of esters is 1. The molecule has 0 spiro atoms. The fourth-order valence-electron chi connectivity index (χ4n) is 2.04. The minimum Gasteiger partial charge on any atom is -0.465 e. The minimum absolute atomic E-state index is 0.168. The second kappa shape index (κ2) is 6.74. The smallest absolute Gasteiger partial charge is 0.316 e. The fourth-order valence-corrected chi connectivity index (χ4v) is 2.80. The summed E-state index contributed by atoms with van der Waals surface area (Å²) in [4.78, 5) is 19.9. The maximum absolute atomic E-state index is 13.0. The topological polar surface area (TPSA) is 69.9 Å². The number of halogens is 1. The Balaban J connectivity index is 1.91. The highest BCUT2D eigenvalue weighted by Crippen LogP contribution is 2.25. The molecular weight excluding hydrogens is 319 g/mol. The van der Waals surface area contributed by atoms with Crippen molar-refractivity contribution in [2.24, 2.45) is 0 Å². The summed E-state index contributed by atoms with van der Waals surface area (Å²) in [6, 6.07) is 5.96. The van der Waals surface area contributed by atoms with E-state index in [1.165, 1.54) is 30.2 Å². The van der Waals surface area contributed by atoms with Gasteiger partial charge < -0.3 is 4.74 Å². The van der Waals surface area contributed by atoms with Gasteiger partial charge in [-0.2, -0.15) is 5.10 Å². The van der Waals surface area contributed by atoms with Gasteiger partial charge in [0.05, 0.1) is 29.6 Å². The molecule has 3 rings (SSSR count). The first-order valence-corrected chi connectivity index (χ1v) is 7.90. The van der Waals surface area contributed by atoms with Crippen LogP contribution in [0.5, 0.6) is 0 Å². The van der Waals surface area contributed by atoms with Crippen LogP contribution in [0.1, 0.15) is 6.92 Å². The number of thioether (sulfide) groups is 1. The zero-order chi connectivity index (χ0) is 16.2. The average Bonchev–Trinajstić information content (AvgIpc) is 2.98. The van der Waals surface area contributed by atoms with Gasteiger partial charge in [-0.25, -0.2) is 19.0 Å². The van der Waals surface area contributed by atoms with Crippen LogP contribution in [0, 0.1) is 5.82 Å². The van der Waals surface area contributed by atoms with Gasteiger partial charge in [0.2, 0.25) is 0 Å². The van der Waals surface area contributed by atoms with Crippen LogP contribution in [0.3, 0.4) is 0 Å². The summed E-state index contributed by atoms with van der Waals surface area (Å²) < 4.78 is 19.5. The molecule has 118 valence electrons. The van der Waals surface area contributed by atoms with Crippen molar-refractivity contribution < 1.29 is 13.9 Å². The second-order valence-corrected chi connectivity index (χ2v) is 5.51. The maximum atomic E-state index is 13.0. The van der Waals surface area contributed by atoms with E-state index in [4.69, 9.17) is 4.74 Å². The molecule has 1 aromatic carbocycles. The number of rotatable bonds is 5. The lowest BCUT2D eigenvalue weighted by Crippen LogP contribution is -2.06. The van der Waals surface area contributed by atoms with Gasteiger partial charge in [-0.1, -0.05) is 11.8 Å². The number of aromatic nitrogens is 4. The average molecular weight is 332 g/mol. The molecule has 8 heteroatoms. The zero-order valence-electron chi connectivity index (χ0n) is 12.3. The van der Waals surface area contributed by atoms with Crippen molar-refractivity contribution in [1.82, 2.24) is 19.7 Å². The number of hydrogen-bond acceptors (Lipinski definition) is 6. The quantitative estimate of drug-likeness (QED) is 0.406. The van der Waals surface area contributed by atoms with E-state index >= 15 is 0 Å². The number of benzene rings is 1. The van der Waals surface area contributed by atoms with Crippen LogP contribution in [-0.4, -0.2) is 38.1 Å². The molecule has 23 heavy (non-hydrogen) atoms. The molecule has 0 aliphatic rings. The molecule has 0 fully saturated rings. The summed E-state index contributed by atoms with van der Waals surface area (Å²) in [5.74, 6) is -0.442. The maximum Gasteiger partial charge on any atom is 0.316 e. The van der Waals surface area contributed by atoms with Crippen molar-refractivity contribution >= 4 is 28.8 Å². The first-order chi connectivity index (χ1) is 11.2. The van der Waals surface area contributed by atoms with Crippen LogP contribution in [0.4, 0.5) is 4.39 Å². The third-order valence-electron chi connectivity index (χ3n) is 3.03. The molecule has 0 amide bonds. The van der Waals surface area contributed by atoms with E-state index in [0.717, 1.165) is 5.39 Å². The molecule has 0 aliphatic heterocycles. The van der Waals surface area contributed by atoms with Gasteiger partial charge in [0.15, 0.2) is 5.65 Å². The number of carbonyl (C=O) groups excluding carboxylic acids is 1. The van der Waals surface area contributed by atoms with Crippen molar-refractivity contribution in [2.75, 3.05) is 12.4 Å². The molecule has 0 radical (unpaired) electrons. The van der Waals surface area contributed by atoms with E-state index in [9.17, 15) is 9.18 Å². The molecule has 0 saturated heterocycles. The lowest BCUT2D eigenvalue weighted by Gasteiger charge is -2.04. The normalized spacial score (nSPS) is 10.9. The molecule has 0 N–H and O–H groups in total. The molecular formula is C15H13FN4O2S. The predicted octanol–water partition coefficient (Wildman–Crippen LogP) is 2.61. The molecule has 0 unspecified atom stereocenters. The number of hydrogen-bond donors (Lipinski definition) is 0. The van der Waals surface area contributed by atoms with Gasteiger partial charge in [0.25, 0.3) is 0 Å². The summed E-state index contributed by atoms with van der Waals surface area (Å²) >= 11 is 1.27. The summed E-state index contributed by atoms with van der Waals surface area (Å²) in [6.07, 6.45) is 3.05. The molecule has 3 aromatic rings. The van der Waals surface area contributed by atoms with Crippen LogP contribution in [0.15, 0.2) is 41.8 Å². The fraction of sp³-hybridized carbons (Fsp3) is 0.200. The van der Waals surface area contributed by atoms with Crippen LogP contribution in [0.25, 0.3) is 16.7 Å². The Bertz CT molecular complexity index is 835. The SMILES string of the molecule is CCOC(=O)CSc1ncnc2c1cnn2-c1ccc(F)cc1. The highest BCUT2D eigenvalue weighted by molar-refractivity contribution is 8.00. The third-order valence-corrected chi connectivity index (χ3v) is 4.01.